The summed E-state index contributed by atoms with van der Waals surface area (Å²) in [6.07, 6.45) is 2.51. The minimum absolute atomic E-state index is 0.517. The van der Waals surface area contributed by atoms with Gasteiger partial charge in [0.1, 0.15) is 5.69 Å². The van der Waals surface area contributed by atoms with Gasteiger partial charge in [-0.15, -0.1) is 0 Å². The molecule has 0 fully saturated rings. The van der Waals surface area contributed by atoms with E-state index in [0.29, 0.717) is 12.2 Å². The lowest BCUT2D eigenvalue weighted by Crippen LogP contribution is -1.96. The molecule has 96 valence electrons. The molecule has 5 nitrogen and oxygen atoms in total. The number of carbonyl (C=O) groups is 1. The Hall–Kier alpha value is -2.40. The molecule has 0 spiro atoms. The Labute approximate surface area is 110 Å². The van der Waals surface area contributed by atoms with E-state index in [1.807, 2.05) is 24.3 Å². The summed E-state index contributed by atoms with van der Waals surface area (Å²) < 4.78 is 1.57. The topological polar surface area (TPSA) is 76.7 Å². The Kier molecular flexibility index (Phi) is 2.68. The number of nitrogens with zero attached hydrogens (tertiary/aromatic N) is 2. The summed E-state index contributed by atoms with van der Waals surface area (Å²) in [5, 5.41) is 5.20. The fraction of sp³-hybridized carbons (Fsp3) is 0.143. The summed E-state index contributed by atoms with van der Waals surface area (Å²) >= 11 is 0. The number of aromatic amines is 1. The summed E-state index contributed by atoms with van der Waals surface area (Å²) in [6.45, 7) is 0.517. The minimum Gasteiger partial charge on any atom is -0.354 e. The zero-order valence-corrected chi connectivity index (χ0v) is 10.6. The van der Waals surface area contributed by atoms with Gasteiger partial charge in [0, 0.05) is 30.1 Å². The largest absolute Gasteiger partial charge is 0.354 e. The van der Waals surface area contributed by atoms with E-state index in [1.165, 1.54) is 0 Å². The number of hydrogen-bond donors (Lipinski definition) is 2. The van der Waals surface area contributed by atoms with Crippen molar-refractivity contribution in [3.63, 3.8) is 0 Å². The molecule has 0 bridgehead atoms. The van der Waals surface area contributed by atoms with Crippen molar-refractivity contribution in [3.05, 3.63) is 41.7 Å². The van der Waals surface area contributed by atoms with Gasteiger partial charge in [0.25, 0.3) is 0 Å². The number of aldehydes is 1. The summed E-state index contributed by atoms with van der Waals surface area (Å²) in [4.78, 5) is 14.4. The Morgan fingerprint density at radius 3 is 3.00 bits per heavy atom. The van der Waals surface area contributed by atoms with Gasteiger partial charge in [-0.1, -0.05) is 6.07 Å². The quantitative estimate of drug-likeness (QED) is 0.700. The maximum atomic E-state index is 11.1. The molecule has 0 radical (unpaired) electrons. The van der Waals surface area contributed by atoms with Crippen molar-refractivity contribution in [1.82, 2.24) is 14.8 Å². The van der Waals surface area contributed by atoms with Crippen molar-refractivity contribution in [2.75, 3.05) is 0 Å². The second-order valence-electron chi connectivity index (χ2n) is 4.49. The standard InChI is InChI=1S/C14H14N4O/c1-18-14(8-19)11(7-16-18)13-5-10-4-9(6-15)2-3-12(10)17-13/h2-5,7-8,17H,6,15H2,1H3. The van der Waals surface area contributed by atoms with Crippen molar-refractivity contribution < 1.29 is 4.79 Å². The maximum absolute atomic E-state index is 11.1. The summed E-state index contributed by atoms with van der Waals surface area (Å²) in [5.74, 6) is 0. The Morgan fingerprint density at radius 1 is 1.42 bits per heavy atom. The molecule has 3 N–H and O–H groups in total. The lowest BCUT2D eigenvalue weighted by Gasteiger charge is -1.95. The SMILES string of the molecule is Cn1ncc(-c2cc3cc(CN)ccc3[nH]2)c1C=O. The molecule has 0 amide bonds. The monoisotopic (exact) mass is 254 g/mol. The van der Waals surface area contributed by atoms with E-state index in [-0.39, 0.29) is 0 Å². The Morgan fingerprint density at radius 2 is 2.26 bits per heavy atom. The lowest BCUT2D eigenvalue weighted by atomic mass is 10.1. The number of benzene rings is 1. The van der Waals surface area contributed by atoms with Gasteiger partial charge in [0.2, 0.25) is 0 Å². The highest BCUT2D eigenvalue weighted by molar-refractivity contribution is 5.91. The van der Waals surface area contributed by atoms with E-state index in [4.69, 9.17) is 5.73 Å². The molecule has 3 rings (SSSR count). The first-order valence-electron chi connectivity index (χ1n) is 6.02. The minimum atomic E-state index is 0.517. The van der Waals surface area contributed by atoms with E-state index >= 15 is 0 Å². The molecule has 0 atom stereocenters. The van der Waals surface area contributed by atoms with Crippen LogP contribution < -0.4 is 5.73 Å². The van der Waals surface area contributed by atoms with Gasteiger partial charge in [0.15, 0.2) is 6.29 Å². The first-order valence-corrected chi connectivity index (χ1v) is 6.02. The third-order valence-corrected chi connectivity index (χ3v) is 3.31. The van der Waals surface area contributed by atoms with Crippen LogP contribution in [0, 0.1) is 0 Å². The van der Waals surface area contributed by atoms with Crippen molar-refractivity contribution in [3.8, 4) is 11.3 Å². The number of H-pyrrole nitrogens is 1. The molecule has 3 aromatic rings. The first-order chi connectivity index (χ1) is 9.22. The molecule has 2 heterocycles. The average molecular weight is 254 g/mol. The normalized spacial score (nSPS) is 11.1. The lowest BCUT2D eigenvalue weighted by molar-refractivity contribution is 0.111. The van der Waals surface area contributed by atoms with Crippen LogP contribution in [0.3, 0.4) is 0 Å². The van der Waals surface area contributed by atoms with Gasteiger partial charge < -0.3 is 10.7 Å². The Bertz CT molecular complexity index is 754. The van der Waals surface area contributed by atoms with Crippen LogP contribution in [0.1, 0.15) is 16.1 Å². The fourth-order valence-electron chi connectivity index (χ4n) is 2.25. The van der Waals surface area contributed by atoms with Crippen LogP contribution in [0.15, 0.2) is 30.5 Å². The highest BCUT2D eigenvalue weighted by atomic mass is 16.1. The second-order valence-corrected chi connectivity index (χ2v) is 4.49. The van der Waals surface area contributed by atoms with Gasteiger partial charge >= 0.3 is 0 Å². The molecule has 0 aliphatic heterocycles. The molecule has 2 aromatic heterocycles. The van der Waals surface area contributed by atoms with Gasteiger partial charge in [-0.25, -0.2) is 0 Å². The highest BCUT2D eigenvalue weighted by Gasteiger charge is 2.12. The van der Waals surface area contributed by atoms with Crippen LogP contribution in [0.5, 0.6) is 0 Å². The number of carbonyl (C=O) groups excluding carboxylic acids is 1. The van der Waals surface area contributed by atoms with Crippen molar-refractivity contribution in [2.24, 2.45) is 12.8 Å². The second kappa shape index (κ2) is 4.37. The number of hydrogen-bond acceptors (Lipinski definition) is 3. The van der Waals surface area contributed by atoms with Crippen LogP contribution in [0.2, 0.25) is 0 Å². The predicted octanol–water partition coefficient (Wildman–Crippen LogP) is 1.84. The number of rotatable bonds is 3. The van der Waals surface area contributed by atoms with Gasteiger partial charge in [-0.3, -0.25) is 9.48 Å². The van der Waals surface area contributed by atoms with Crippen molar-refractivity contribution in [1.29, 1.82) is 0 Å². The molecule has 19 heavy (non-hydrogen) atoms. The van der Waals surface area contributed by atoms with Gasteiger partial charge in [0.05, 0.1) is 11.9 Å². The molecule has 0 aliphatic carbocycles. The maximum Gasteiger partial charge on any atom is 0.168 e. The molecule has 0 saturated carbocycles. The third kappa shape index (κ3) is 1.84. The first kappa shape index (κ1) is 11.7. The van der Waals surface area contributed by atoms with Crippen molar-refractivity contribution in [2.45, 2.75) is 6.54 Å². The zero-order chi connectivity index (χ0) is 13.4. The number of nitrogens with two attached hydrogens (primary N) is 1. The zero-order valence-electron chi connectivity index (χ0n) is 10.6. The van der Waals surface area contributed by atoms with E-state index < -0.39 is 0 Å². The number of aromatic nitrogens is 3. The molecule has 1 aromatic carbocycles. The molecule has 5 heteroatoms. The van der Waals surface area contributed by atoms with Crippen LogP contribution in [0.4, 0.5) is 0 Å². The van der Waals surface area contributed by atoms with Crippen LogP contribution in [0.25, 0.3) is 22.2 Å². The van der Waals surface area contributed by atoms with Crippen LogP contribution >= 0.6 is 0 Å². The van der Waals surface area contributed by atoms with Gasteiger partial charge in [-0.2, -0.15) is 5.10 Å². The van der Waals surface area contributed by atoms with Gasteiger partial charge in [-0.05, 0) is 23.8 Å². The summed E-state index contributed by atoms with van der Waals surface area (Å²) in [5.41, 5.74) is 10.00. The van der Waals surface area contributed by atoms with E-state index in [2.05, 4.69) is 10.1 Å². The van der Waals surface area contributed by atoms with Crippen LogP contribution in [-0.4, -0.2) is 21.1 Å². The average Bonchev–Trinajstić information content (AvgIpc) is 3.00. The summed E-state index contributed by atoms with van der Waals surface area (Å²) in [7, 11) is 1.75. The smallest absolute Gasteiger partial charge is 0.168 e. The number of aryl methyl sites for hydroxylation is 1. The van der Waals surface area contributed by atoms with E-state index in [0.717, 1.165) is 34.0 Å². The fourth-order valence-corrected chi connectivity index (χ4v) is 2.25. The highest BCUT2D eigenvalue weighted by Crippen LogP contribution is 2.26. The molecule has 0 unspecified atom stereocenters. The Balaban J connectivity index is 2.17. The molecular weight excluding hydrogens is 240 g/mol. The summed E-state index contributed by atoms with van der Waals surface area (Å²) in [6, 6.07) is 8.05. The van der Waals surface area contributed by atoms with Crippen LogP contribution in [-0.2, 0) is 13.6 Å². The number of fused-ring (bicyclic) bond motifs is 1. The van der Waals surface area contributed by atoms with E-state index in [9.17, 15) is 4.79 Å². The predicted molar refractivity (Wildman–Crippen MR) is 73.8 cm³/mol. The molecule has 0 aliphatic rings. The van der Waals surface area contributed by atoms with Crippen molar-refractivity contribution >= 4 is 17.2 Å². The molecular formula is C14H14N4O. The van der Waals surface area contributed by atoms with E-state index in [1.54, 1.807) is 17.9 Å². The molecule has 0 saturated heterocycles. The third-order valence-electron chi connectivity index (χ3n) is 3.31. The number of nitrogens with one attached hydrogen (secondary N) is 1.